The lowest BCUT2D eigenvalue weighted by molar-refractivity contribution is 0.442. The minimum atomic E-state index is 0.834. The molecule has 0 N–H and O–H groups in total. The van der Waals surface area contributed by atoms with E-state index in [9.17, 15) is 0 Å². The molecule has 1 aliphatic heterocycles. The van der Waals surface area contributed by atoms with Crippen molar-refractivity contribution in [2.45, 2.75) is 12.8 Å². The van der Waals surface area contributed by atoms with E-state index in [2.05, 4.69) is 228 Å². The highest BCUT2D eigenvalue weighted by Gasteiger charge is 2.29. The van der Waals surface area contributed by atoms with Gasteiger partial charge in [-0.15, -0.1) is 0 Å². The molecular weight excluding hydrogens is 757 g/mol. The van der Waals surface area contributed by atoms with Crippen LogP contribution in [-0.4, -0.2) is 0 Å². The topological polar surface area (TPSA) is 28.9 Å². The standard InChI is InChI=1S/C58H40N2O2/c1-5-14-39(15-6-1)41-24-28-45(29-25-41)59(43-18-9-3-10-19-43)47-32-34-49-52-38-56-57(51-22-13-23-53(58(51)52)61-54(49)36-47)50-35-33-48(37-55(50)62-56)60(44-20-11-4-12-21-44)46-30-26-42(27-31-46)40-16-7-2-8-17-40/h1-31,33,35-38H,32,34H2. The van der Waals surface area contributed by atoms with E-state index in [4.69, 9.17) is 9.15 Å². The summed E-state index contributed by atoms with van der Waals surface area (Å²) < 4.78 is 13.8. The van der Waals surface area contributed by atoms with Crippen molar-refractivity contribution in [2.24, 2.45) is 0 Å². The molecule has 4 heteroatoms. The molecule has 0 saturated heterocycles. The van der Waals surface area contributed by atoms with Crippen LogP contribution in [0.1, 0.15) is 18.4 Å². The molecule has 294 valence electrons. The van der Waals surface area contributed by atoms with E-state index < -0.39 is 0 Å². The molecule has 1 aliphatic carbocycles. The monoisotopic (exact) mass is 796 g/mol. The summed E-state index contributed by atoms with van der Waals surface area (Å²) in [5.41, 5.74) is 15.5. The first-order chi connectivity index (χ1) is 30.7. The lowest BCUT2D eigenvalue weighted by Crippen LogP contribution is -2.20. The van der Waals surface area contributed by atoms with E-state index in [0.29, 0.717) is 0 Å². The van der Waals surface area contributed by atoms with Crippen molar-refractivity contribution in [3.8, 4) is 28.0 Å². The molecule has 0 spiro atoms. The van der Waals surface area contributed by atoms with Crippen molar-refractivity contribution in [3.05, 3.63) is 235 Å². The molecule has 62 heavy (non-hydrogen) atoms. The number of benzene rings is 9. The Morgan fingerprint density at radius 2 is 0.903 bits per heavy atom. The molecule has 0 unspecified atom stereocenters. The predicted octanol–water partition coefficient (Wildman–Crippen LogP) is 16.2. The van der Waals surface area contributed by atoms with Crippen molar-refractivity contribution in [2.75, 3.05) is 9.80 Å². The number of allylic oxidation sites excluding steroid dienone is 3. The van der Waals surface area contributed by atoms with Crippen LogP contribution in [0.15, 0.2) is 234 Å². The number of para-hydroxylation sites is 2. The van der Waals surface area contributed by atoms with E-state index >= 15 is 0 Å². The summed E-state index contributed by atoms with van der Waals surface area (Å²) in [7, 11) is 0. The van der Waals surface area contributed by atoms with Gasteiger partial charge in [-0.2, -0.15) is 0 Å². The Morgan fingerprint density at radius 1 is 0.371 bits per heavy atom. The Bertz CT molecular complexity index is 3340. The minimum absolute atomic E-state index is 0.834. The zero-order chi connectivity index (χ0) is 41.0. The van der Waals surface area contributed by atoms with E-state index in [1.807, 2.05) is 0 Å². The van der Waals surface area contributed by atoms with Crippen LogP contribution in [0.3, 0.4) is 0 Å². The molecule has 1 aromatic heterocycles. The molecule has 0 amide bonds. The lowest BCUT2D eigenvalue weighted by atomic mass is 9.87. The van der Waals surface area contributed by atoms with Crippen LogP contribution in [0.5, 0.6) is 5.75 Å². The number of rotatable bonds is 8. The van der Waals surface area contributed by atoms with E-state index in [-0.39, 0.29) is 0 Å². The summed E-state index contributed by atoms with van der Waals surface area (Å²) in [6.45, 7) is 0. The highest BCUT2D eigenvalue weighted by Crippen LogP contribution is 2.50. The molecular formula is C58H40N2O2. The van der Waals surface area contributed by atoms with Gasteiger partial charge in [0.15, 0.2) is 0 Å². The summed E-state index contributed by atoms with van der Waals surface area (Å²) in [6, 6.07) is 75.2. The summed E-state index contributed by atoms with van der Waals surface area (Å²) in [5.74, 6) is 1.76. The molecule has 2 heterocycles. The number of hydrogen-bond donors (Lipinski definition) is 0. The van der Waals surface area contributed by atoms with Gasteiger partial charge in [-0.25, -0.2) is 0 Å². The zero-order valence-corrected chi connectivity index (χ0v) is 33.9. The number of hydrogen-bond acceptors (Lipinski definition) is 4. The zero-order valence-electron chi connectivity index (χ0n) is 33.9. The SMILES string of the molecule is C1=C(N(c2ccccc2)c2ccc(-c3ccccc3)cc2)CCC2=C1Oc1cccc3c1c2cc1oc2cc(N(c4ccccc4)c4ccc(-c5ccccc5)cc4)ccc2c13. The van der Waals surface area contributed by atoms with Gasteiger partial charge in [0.2, 0.25) is 0 Å². The third-order valence-electron chi connectivity index (χ3n) is 12.4. The third kappa shape index (κ3) is 6.15. The van der Waals surface area contributed by atoms with Crippen LogP contribution in [-0.2, 0) is 0 Å². The van der Waals surface area contributed by atoms with Gasteiger partial charge in [-0.05, 0) is 119 Å². The average Bonchev–Trinajstić information content (AvgIpc) is 3.71. The van der Waals surface area contributed by atoms with Crippen LogP contribution in [0.4, 0.5) is 28.4 Å². The number of anilines is 5. The van der Waals surface area contributed by atoms with Crippen molar-refractivity contribution >= 4 is 66.7 Å². The van der Waals surface area contributed by atoms with E-state index in [1.54, 1.807) is 0 Å². The predicted molar refractivity (Wildman–Crippen MR) is 257 cm³/mol. The van der Waals surface area contributed by atoms with Gasteiger partial charge in [-0.3, -0.25) is 0 Å². The smallest absolute Gasteiger partial charge is 0.137 e. The maximum Gasteiger partial charge on any atom is 0.137 e. The van der Waals surface area contributed by atoms with Gasteiger partial charge in [0.05, 0.1) is 0 Å². The molecule has 2 aliphatic rings. The first-order valence-corrected chi connectivity index (χ1v) is 21.3. The Hall–Kier alpha value is -8.08. The van der Waals surface area contributed by atoms with Crippen molar-refractivity contribution in [3.63, 3.8) is 0 Å². The van der Waals surface area contributed by atoms with E-state index in [1.165, 1.54) is 39.1 Å². The normalized spacial score (nSPS) is 13.2. The number of furan rings is 1. The molecule has 4 nitrogen and oxygen atoms in total. The molecule has 10 aromatic rings. The maximum absolute atomic E-state index is 6.90. The molecule has 0 radical (unpaired) electrons. The highest BCUT2D eigenvalue weighted by molar-refractivity contribution is 6.23. The second-order valence-corrected chi connectivity index (χ2v) is 16.0. The van der Waals surface area contributed by atoms with Crippen LogP contribution >= 0.6 is 0 Å². The Balaban J connectivity index is 0.946. The van der Waals surface area contributed by atoms with Crippen molar-refractivity contribution < 1.29 is 9.15 Å². The van der Waals surface area contributed by atoms with Crippen molar-refractivity contribution in [1.29, 1.82) is 0 Å². The maximum atomic E-state index is 6.90. The summed E-state index contributed by atoms with van der Waals surface area (Å²) >= 11 is 0. The number of ether oxygens (including phenoxy) is 1. The van der Waals surface area contributed by atoms with Gasteiger partial charge < -0.3 is 19.0 Å². The third-order valence-corrected chi connectivity index (χ3v) is 12.4. The summed E-state index contributed by atoms with van der Waals surface area (Å²) in [6.07, 6.45) is 3.93. The molecule has 0 atom stereocenters. The lowest BCUT2D eigenvalue weighted by Gasteiger charge is -2.33. The van der Waals surface area contributed by atoms with Crippen LogP contribution in [0.25, 0.3) is 60.5 Å². The fourth-order valence-corrected chi connectivity index (χ4v) is 9.46. The second-order valence-electron chi connectivity index (χ2n) is 16.0. The van der Waals surface area contributed by atoms with Crippen LogP contribution in [0, 0.1) is 0 Å². The number of nitrogens with zero attached hydrogens (tertiary/aromatic N) is 2. The summed E-state index contributed by atoms with van der Waals surface area (Å²) in [4.78, 5) is 4.67. The largest absolute Gasteiger partial charge is 0.456 e. The van der Waals surface area contributed by atoms with Gasteiger partial charge >= 0.3 is 0 Å². The molecule has 0 bridgehead atoms. The van der Waals surface area contributed by atoms with Gasteiger partial charge in [0.25, 0.3) is 0 Å². The molecule has 9 aromatic carbocycles. The Morgan fingerprint density at radius 3 is 1.53 bits per heavy atom. The minimum Gasteiger partial charge on any atom is -0.456 e. The fourth-order valence-electron chi connectivity index (χ4n) is 9.46. The molecule has 0 saturated carbocycles. The molecule has 12 rings (SSSR count). The first-order valence-electron chi connectivity index (χ1n) is 21.3. The Labute approximate surface area is 360 Å². The molecule has 0 fully saturated rings. The van der Waals surface area contributed by atoms with Gasteiger partial charge in [0, 0.05) is 68.0 Å². The summed E-state index contributed by atoms with van der Waals surface area (Å²) in [5, 5.41) is 4.48. The van der Waals surface area contributed by atoms with E-state index in [0.717, 1.165) is 85.5 Å². The van der Waals surface area contributed by atoms with Crippen LogP contribution in [0.2, 0.25) is 0 Å². The number of fused-ring (bicyclic) bond motifs is 5. The van der Waals surface area contributed by atoms with Gasteiger partial charge in [-0.1, -0.05) is 133 Å². The van der Waals surface area contributed by atoms with Crippen molar-refractivity contribution in [1.82, 2.24) is 0 Å². The van der Waals surface area contributed by atoms with Crippen LogP contribution < -0.4 is 14.5 Å². The Kier molecular flexibility index (Phi) is 8.60. The van der Waals surface area contributed by atoms with Gasteiger partial charge in [0.1, 0.15) is 22.7 Å². The second kappa shape index (κ2) is 14.9. The highest BCUT2D eigenvalue weighted by atomic mass is 16.5. The average molecular weight is 797 g/mol. The first kappa shape index (κ1) is 35.8. The quantitative estimate of drug-likeness (QED) is 0.153. The fraction of sp³-hybridized carbons (Fsp3) is 0.0345.